The molecule has 1 saturated carbocycles. The first kappa shape index (κ1) is 24.3. The Bertz CT molecular complexity index is 838. The molecule has 2 heterocycles. The molecule has 0 radical (unpaired) electrons. The highest BCUT2D eigenvalue weighted by Crippen LogP contribution is 2.65. The first-order valence-corrected chi connectivity index (χ1v) is 10.8. The Morgan fingerprint density at radius 3 is 2.56 bits per heavy atom. The number of amides is 2. The summed E-state index contributed by atoms with van der Waals surface area (Å²) >= 11 is 0. The van der Waals surface area contributed by atoms with Gasteiger partial charge >= 0.3 is 6.11 Å². The van der Waals surface area contributed by atoms with Crippen LogP contribution in [-0.4, -0.2) is 66.2 Å². The molecule has 10 heteroatoms. The number of alkyl halides is 2. The van der Waals surface area contributed by atoms with Crippen LogP contribution in [0.5, 0.6) is 0 Å². The summed E-state index contributed by atoms with van der Waals surface area (Å²) < 4.78 is 30.6. The third-order valence-electron chi connectivity index (χ3n) is 7.03. The van der Waals surface area contributed by atoms with Gasteiger partial charge in [0.05, 0.1) is 12.1 Å². The van der Waals surface area contributed by atoms with E-state index in [1.165, 1.54) is 11.8 Å². The summed E-state index contributed by atoms with van der Waals surface area (Å²) in [6, 6.07) is -1.50. The number of piperidine rings is 1. The molecule has 178 valence electrons. The zero-order chi connectivity index (χ0) is 24.0. The molecule has 0 aromatic carbocycles. The molecule has 0 unspecified atom stereocenters. The monoisotopic (exact) mass is 455 g/mol. The number of likely N-dealkylation sites (tertiary alicyclic amines) is 1. The summed E-state index contributed by atoms with van der Waals surface area (Å²) in [6.07, 6.45) is -2.85. The Morgan fingerprint density at radius 1 is 1.38 bits per heavy atom. The Balaban J connectivity index is 1.77. The number of ketones is 2. The standard InChI is InChI=1S/C22H31F2N3O5/c1-11(18-17-14(21(17,3)4)9-27(18)20(31)12(2)28)26-15(8-13-6-7-25-19(13)30)16(29)10-32-22(5,23)24/h13-15,17-18,26H,1,6-10H2,2-5H3,(H,25,30)/t13-,14-,15-,17-,18+/m0/s1. The second-order valence-corrected chi connectivity index (χ2v) is 9.71. The van der Waals surface area contributed by atoms with Gasteiger partial charge in [-0.05, 0) is 30.1 Å². The van der Waals surface area contributed by atoms with E-state index in [1.54, 1.807) is 0 Å². The van der Waals surface area contributed by atoms with E-state index >= 15 is 0 Å². The maximum absolute atomic E-state index is 13.1. The van der Waals surface area contributed by atoms with Crippen molar-refractivity contribution >= 4 is 23.4 Å². The molecule has 2 amide bonds. The van der Waals surface area contributed by atoms with Crippen LogP contribution < -0.4 is 10.6 Å². The topological polar surface area (TPSA) is 105 Å². The molecule has 3 rings (SSSR count). The van der Waals surface area contributed by atoms with Crippen LogP contribution in [0.25, 0.3) is 0 Å². The van der Waals surface area contributed by atoms with E-state index in [2.05, 4.69) is 35.8 Å². The fraction of sp³-hybridized carbons (Fsp3) is 0.727. The summed E-state index contributed by atoms with van der Waals surface area (Å²) in [5.41, 5.74) is 0.304. The molecule has 0 spiro atoms. The van der Waals surface area contributed by atoms with Gasteiger partial charge in [0, 0.05) is 38.6 Å². The minimum atomic E-state index is -3.47. The van der Waals surface area contributed by atoms with Crippen LogP contribution in [-0.2, 0) is 23.9 Å². The lowest BCUT2D eigenvalue weighted by Crippen LogP contribution is -2.50. The van der Waals surface area contributed by atoms with Crippen LogP contribution in [0.15, 0.2) is 12.3 Å². The van der Waals surface area contributed by atoms with Gasteiger partial charge in [-0.15, -0.1) is 0 Å². The van der Waals surface area contributed by atoms with E-state index in [0.29, 0.717) is 32.1 Å². The van der Waals surface area contributed by atoms with Crippen LogP contribution in [0.3, 0.4) is 0 Å². The lowest BCUT2D eigenvalue weighted by atomic mass is 9.94. The van der Waals surface area contributed by atoms with Crippen molar-refractivity contribution in [1.29, 1.82) is 0 Å². The van der Waals surface area contributed by atoms with E-state index in [1.807, 2.05) is 0 Å². The minimum Gasteiger partial charge on any atom is -0.377 e. The summed E-state index contributed by atoms with van der Waals surface area (Å²) in [5, 5.41) is 5.70. The van der Waals surface area contributed by atoms with Crippen molar-refractivity contribution in [3.8, 4) is 0 Å². The number of nitrogens with zero attached hydrogens (tertiary/aromatic N) is 1. The molecule has 0 aromatic heterocycles. The number of halogens is 2. The molecule has 1 aliphatic carbocycles. The SMILES string of the molecule is C=C(N[C@@H](C[C@@H]1CCNC1=O)C(=O)COC(C)(F)F)[C@@H]1[C@@H]2[C@H](CN1C(=O)C(C)=O)C2(C)C. The van der Waals surface area contributed by atoms with Gasteiger partial charge in [0.25, 0.3) is 5.91 Å². The van der Waals surface area contributed by atoms with E-state index in [4.69, 9.17) is 0 Å². The van der Waals surface area contributed by atoms with Gasteiger partial charge in [0.15, 0.2) is 5.78 Å². The molecule has 0 aromatic rings. The Morgan fingerprint density at radius 2 is 2.03 bits per heavy atom. The summed E-state index contributed by atoms with van der Waals surface area (Å²) in [5.74, 6) is -2.23. The van der Waals surface area contributed by atoms with E-state index < -0.39 is 48.2 Å². The van der Waals surface area contributed by atoms with Crippen molar-refractivity contribution in [3.63, 3.8) is 0 Å². The molecular formula is C22H31F2N3O5. The molecule has 3 fully saturated rings. The lowest BCUT2D eigenvalue weighted by Gasteiger charge is -2.34. The quantitative estimate of drug-likeness (QED) is 0.481. The average Bonchev–Trinajstić information content (AvgIpc) is 3.05. The highest BCUT2D eigenvalue weighted by molar-refractivity contribution is 6.35. The zero-order valence-corrected chi connectivity index (χ0v) is 18.9. The third kappa shape index (κ3) is 4.84. The van der Waals surface area contributed by atoms with Crippen LogP contribution in [0.4, 0.5) is 8.78 Å². The van der Waals surface area contributed by atoms with Gasteiger partial charge in [-0.3, -0.25) is 19.2 Å². The van der Waals surface area contributed by atoms with E-state index in [-0.39, 0.29) is 29.6 Å². The number of nitrogens with one attached hydrogen (secondary N) is 2. The predicted octanol–water partition coefficient (Wildman–Crippen LogP) is 1.25. The highest BCUT2D eigenvalue weighted by Gasteiger charge is 2.68. The molecular weight excluding hydrogens is 424 g/mol. The van der Waals surface area contributed by atoms with Crippen molar-refractivity contribution < 1.29 is 32.7 Å². The van der Waals surface area contributed by atoms with E-state index in [9.17, 15) is 28.0 Å². The zero-order valence-electron chi connectivity index (χ0n) is 18.9. The number of hydrogen-bond acceptors (Lipinski definition) is 6. The summed E-state index contributed by atoms with van der Waals surface area (Å²) in [6.45, 7) is 9.99. The number of rotatable bonds is 10. The van der Waals surface area contributed by atoms with Crippen LogP contribution >= 0.6 is 0 Å². The van der Waals surface area contributed by atoms with Crippen LogP contribution in [0.1, 0.15) is 40.5 Å². The molecule has 2 N–H and O–H groups in total. The van der Waals surface area contributed by atoms with Crippen LogP contribution in [0.2, 0.25) is 0 Å². The molecule has 32 heavy (non-hydrogen) atoms. The second-order valence-electron chi connectivity index (χ2n) is 9.71. The Kier molecular flexibility index (Phi) is 6.48. The fourth-order valence-electron chi connectivity index (χ4n) is 5.13. The van der Waals surface area contributed by atoms with Gasteiger partial charge in [-0.2, -0.15) is 8.78 Å². The number of ether oxygens (including phenoxy) is 1. The largest absolute Gasteiger partial charge is 0.377 e. The maximum Gasteiger partial charge on any atom is 0.353 e. The van der Waals surface area contributed by atoms with Gasteiger partial charge in [0.2, 0.25) is 11.7 Å². The predicted molar refractivity (Wildman–Crippen MR) is 110 cm³/mol. The molecule has 5 atom stereocenters. The Hall–Kier alpha value is -2.36. The van der Waals surface area contributed by atoms with Crippen molar-refractivity contribution in [2.75, 3.05) is 19.7 Å². The third-order valence-corrected chi connectivity index (χ3v) is 7.03. The molecule has 0 bridgehead atoms. The molecule has 2 saturated heterocycles. The summed E-state index contributed by atoms with van der Waals surface area (Å²) in [7, 11) is 0. The first-order valence-electron chi connectivity index (χ1n) is 10.8. The number of hydrogen-bond donors (Lipinski definition) is 2. The van der Waals surface area contributed by atoms with Crippen molar-refractivity contribution in [2.24, 2.45) is 23.2 Å². The van der Waals surface area contributed by atoms with Crippen molar-refractivity contribution in [3.05, 3.63) is 12.3 Å². The molecule has 3 aliphatic rings. The highest BCUT2D eigenvalue weighted by atomic mass is 19.3. The van der Waals surface area contributed by atoms with Gasteiger partial charge < -0.3 is 20.3 Å². The fourth-order valence-corrected chi connectivity index (χ4v) is 5.13. The van der Waals surface area contributed by atoms with Crippen molar-refractivity contribution in [2.45, 2.75) is 58.7 Å². The van der Waals surface area contributed by atoms with Gasteiger partial charge in [-0.1, -0.05) is 20.4 Å². The maximum atomic E-state index is 13.1. The summed E-state index contributed by atoms with van der Waals surface area (Å²) in [4.78, 5) is 50.5. The van der Waals surface area contributed by atoms with Crippen molar-refractivity contribution in [1.82, 2.24) is 15.5 Å². The number of fused-ring (bicyclic) bond motifs is 1. The lowest BCUT2D eigenvalue weighted by molar-refractivity contribution is -0.223. The minimum absolute atomic E-state index is 0.0545. The van der Waals surface area contributed by atoms with E-state index in [0.717, 1.165) is 0 Å². The number of carbonyl (C=O) groups is 4. The smallest absolute Gasteiger partial charge is 0.353 e. The number of carbonyl (C=O) groups excluding carboxylic acids is 4. The number of Topliss-reactive ketones (excluding diaryl/α,β-unsaturated/α-hetero) is 2. The molecule has 8 nitrogen and oxygen atoms in total. The van der Waals surface area contributed by atoms with Gasteiger partial charge in [0.1, 0.15) is 6.61 Å². The average molecular weight is 456 g/mol. The Labute approximate surface area is 186 Å². The molecule has 2 aliphatic heterocycles. The first-order chi connectivity index (χ1) is 14.7. The van der Waals surface area contributed by atoms with Crippen LogP contribution in [0, 0.1) is 23.2 Å². The van der Waals surface area contributed by atoms with Gasteiger partial charge in [-0.25, -0.2) is 0 Å². The normalized spacial score (nSPS) is 29.2. The second kappa shape index (κ2) is 8.53.